The molecule has 0 atom stereocenters. The average molecular weight is 345 g/mol. The Bertz CT molecular complexity index is 1040. The topological polar surface area (TPSA) is 72.9 Å². The summed E-state index contributed by atoms with van der Waals surface area (Å²) in [4.78, 5) is 0. The molecule has 0 unspecified atom stereocenters. The van der Waals surface area contributed by atoms with Crippen LogP contribution in [-0.2, 0) is 0 Å². The third-order valence-corrected chi connectivity index (χ3v) is 3.44. The van der Waals surface area contributed by atoms with E-state index in [0.29, 0.717) is 11.5 Å². The molecule has 0 bridgehead atoms. The Balaban J connectivity index is 1.64. The number of benzene rings is 1. The van der Waals surface area contributed by atoms with Crippen molar-refractivity contribution in [1.82, 2.24) is 29.6 Å². The number of rotatable bonds is 4. The lowest BCUT2D eigenvalue weighted by Crippen LogP contribution is -2.02. The molecule has 0 saturated heterocycles. The van der Waals surface area contributed by atoms with Crippen molar-refractivity contribution in [1.29, 1.82) is 0 Å². The van der Waals surface area contributed by atoms with Gasteiger partial charge in [-0.3, -0.25) is 0 Å². The molecular formula is C15H10F3N7. The van der Waals surface area contributed by atoms with Crippen LogP contribution in [0.1, 0.15) is 12.2 Å². The molecular weight excluding hydrogens is 335 g/mol. The molecule has 3 aromatic heterocycles. The van der Waals surface area contributed by atoms with Gasteiger partial charge in [-0.05, 0) is 24.3 Å². The first-order chi connectivity index (χ1) is 12.1. The highest BCUT2D eigenvalue weighted by Crippen LogP contribution is 2.20. The Morgan fingerprint density at radius 2 is 1.88 bits per heavy atom. The first-order valence-electron chi connectivity index (χ1n) is 7.19. The van der Waals surface area contributed by atoms with Gasteiger partial charge in [0.15, 0.2) is 11.5 Å². The van der Waals surface area contributed by atoms with Gasteiger partial charge in [0, 0.05) is 0 Å². The zero-order valence-electron chi connectivity index (χ0n) is 12.5. The number of anilines is 2. The smallest absolute Gasteiger partial charge is 0.299 e. The molecule has 126 valence electrons. The molecule has 7 nitrogen and oxygen atoms in total. The fourth-order valence-electron chi connectivity index (χ4n) is 2.31. The van der Waals surface area contributed by atoms with Crippen LogP contribution in [0.4, 0.5) is 24.7 Å². The summed E-state index contributed by atoms with van der Waals surface area (Å²) in [5.74, 6) is -0.661. The van der Waals surface area contributed by atoms with E-state index in [4.69, 9.17) is 0 Å². The maximum atomic E-state index is 13.8. The summed E-state index contributed by atoms with van der Waals surface area (Å²) >= 11 is 0. The second-order valence-corrected chi connectivity index (χ2v) is 5.10. The van der Waals surface area contributed by atoms with E-state index in [9.17, 15) is 13.2 Å². The molecule has 4 aromatic rings. The number of alkyl halides is 2. The molecule has 10 heteroatoms. The minimum Gasteiger partial charge on any atom is -0.336 e. The molecule has 1 N–H and O–H groups in total. The van der Waals surface area contributed by atoms with Gasteiger partial charge in [0.25, 0.3) is 6.43 Å². The van der Waals surface area contributed by atoms with Crippen molar-refractivity contribution in [3.05, 3.63) is 60.4 Å². The van der Waals surface area contributed by atoms with E-state index >= 15 is 0 Å². The third kappa shape index (κ3) is 2.77. The van der Waals surface area contributed by atoms with Gasteiger partial charge in [-0.1, -0.05) is 12.1 Å². The lowest BCUT2D eigenvalue weighted by molar-refractivity contribution is 0.137. The standard InChI is InChI=1S/C15H10F3N7/c16-10-3-1-2-4-11(10)24-8-9(7-19-24)20-12-5-6-13-21-22-15(14(17)18)25(13)23-12/h1-8,14H,(H,20,23). The highest BCUT2D eigenvalue weighted by atomic mass is 19.3. The number of fused-ring (bicyclic) bond motifs is 1. The molecule has 0 aliphatic rings. The van der Waals surface area contributed by atoms with Gasteiger partial charge in [-0.25, -0.2) is 17.9 Å². The number of nitrogens with one attached hydrogen (secondary N) is 1. The first kappa shape index (κ1) is 15.1. The van der Waals surface area contributed by atoms with Crippen LogP contribution < -0.4 is 5.32 Å². The molecule has 1 aromatic carbocycles. The molecule has 0 aliphatic heterocycles. The lowest BCUT2D eigenvalue weighted by Gasteiger charge is -2.04. The van der Waals surface area contributed by atoms with Crippen LogP contribution in [0.15, 0.2) is 48.8 Å². The van der Waals surface area contributed by atoms with E-state index in [1.165, 1.54) is 23.0 Å². The summed E-state index contributed by atoms with van der Waals surface area (Å²) < 4.78 is 41.9. The Hall–Kier alpha value is -3.43. The largest absolute Gasteiger partial charge is 0.336 e. The maximum absolute atomic E-state index is 13.8. The van der Waals surface area contributed by atoms with Crippen LogP contribution >= 0.6 is 0 Å². The van der Waals surface area contributed by atoms with E-state index in [1.807, 2.05) is 0 Å². The van der Waals surface area contributed by atoms with Crippen LogP contribution in [0.5, 0.6) is 0 Å². The van der Waals surface area contributed by atoms with Gasteiger partial charge in [-0.2, -0.15) is 9.61 Å². The van der Waals surface area contributed by atoms with Gasteiger partial charge in [0.1, 0.15) is 11.5 Å². The summed E-state index contributed by atoms with van der Waals surface area (Å²) in [6.45, 7) is 0. The second kappa shape index (κ2) is 5.89. The number of halogens is 3. The van der Waals surface area contributed by atoms with Crippen molar-refractivity contribution in [2.75, 3.05) is 5.32 Å². The average Bonchev–Trinajstić information content (AvgIpc) is 3.22. The van der Waals surface area contributed by atoms with Crippen LogP contribution in [0.25, 0.3) is 11.3 Å². The summed E-state index contributed by atoms with van der Waals surface area (Å²) in [5.41, 5.74) is 1.02. The number of hydrogen-bond acceptors (Lipinski definition) is 5. The monoisotopic (exact) mass is 345 g/mol. The summed E-state index contributed by atoms with van der Waals surface area (Å²) in [6.07, 6.45) is 0.241. The lowest BCUT2D eigenvalue weighted by atomic mass is 10.3. The molecule has 0 fully saturated rings. The molecule has 0 radical (unpaired) electrons. The van der Waals surface area contributed by atoms with E-state index in [0.717, 1.165) is 4.52 Å². The van der Waals surface area contributed by atoms with E-state index in [1.54, 1.807) is 30.5 Å². The Morgan fingerprint density at radius 3 is 2.68 bits per heavy atom. The Morgan fingerprint density at radius 1 is 1.04 bits per heavy atom. The van der Waals surface area contributed by atoms with Crippen molar-refractivity contribution < 1.29 is 13.2 Å². The number of aromatic nitrogens is 6. The molecule has 0 aliphatic carbocycles. The van der Waals surface area contributed by atoms with Crippen molar-refractivity contribution in [2.45, 2.75) is 6.43 Å². The fourth-order valence-corrected chi connectivity index (χ4v) is 2.31. The van der Waals surface area contributed by atoms with Crippen LogP contribution in [0.3, 0.4) is 0 Å². The highest BCUT2D eigenvalue weighted by Gasteiger charge is 2.17. The van der Waals surface area contributed by atoms with Gasteiger partial charge < -0.3 is 5.32 Å². The van der Waals surface area contributed by atoms with E-state index < -0.39 is 18.1 Å². The van der Waals surface area contributed by atoms with Crippen LogP contribution in [0.2, 0.25) is 0 Å². The minimum atomic E-state index is -2.79. The first-order valence-corrected chi connectivity index (χ1v) is 7.19. The Labute approximate surface area is 138 Å². The summed E-state index contributed by atoms with van der Waals surface area (Å²) in [5, 5.41) is 18.1. The van der Waals surface area contributed by atoms with Crippen molar-refractivity contribution >= 4 is 17.2 Å². The van der Waals surface area contributed by atoms with Crippen LogP contribution in [0, 0.1) is 5.82 Å². The third-order valence-electron chi connectivity index (χ3n) is 3.44. The van der Waals surface area contributed by atoms with E-state index in [-0.39, 0.29) is 11.3 Å². The SMILES string of the molecule is Fc1ccccc1-n1cc(Nc2ccc3nnc(C(F)F)n3n2)cn1. The van der Waals surface area contributed by atoms with Crippen molar-refractivity contribution in [3.63, 3.8) is 0 Å². The maximum Gasteiger partial charge on any atom is 0.299 e. The minimum absolute atomic E-state index is 0.211. The quantitative estimate of drug-likeness (QED) is 0.615. The molecule has 25 heavy (non-hydrogen) atoms. The fraction of sp³-hybridized carbons (Fsp3) is 0.0667. The predicted octanol–water partition coefficient (Wildman–Crippen LogP) is 3.13. The van der Waals surface area contributed by atoms with Gasteiger partial charge in [0.2, 0.25) is 5.82 Å². The van der Waals surface area contributed by atoms with Gasteiger partial charge >= 0.3 is 0 Å². The molecule has 3 heterocycles. The summed E-state index contributed by atoms with van der Waals surface area (Å²) in [7, 11) is 0. The van der Waals surface area contributed by atoms with Crippen molar-refractivity contribution in [2.24, 2.45) is 0 Å². The zero-order valence-corrected chi connectivity index (χ0v) is 12.5. The molecule has 0 amide bonds. The van der Waals surface area contributed by atoms with E-state index in [2.05, 4.69) is 25.7 Å². The predicted molar refractivity (Wildman–Crippen MR) is 82.5 cm³/mol. The second-order valence-electron chi connectivity index (χ2n) is 5.10. The Kier molecular flexibility index (Phi) is 3.56. The highest BCUT2D eigenvalue weighted by molar-refractivity contribution is 5.56. The normalized spacial score (nSPS) is 11.4. The number of nitrogens with zero attached hydrogens (tertiary/aromatic N) is 6. The summed E-state index contributed by atoms with van der Waals surface area (Å²) in [6, 6.07) is 9.27. The molecule has 4 rings (SSSR count). The number of hydrogen-bond donors (Lipinski definition) is 1. The number of para-hydroxylation sites is 1. The molecule has 0 saturated carbocycles. The van der Waals surface area contributed by atoms with Crippen molar-refractivity contribution in [3.8, 4) is 5.69 Å². The van der Waals surface area contributed by atoms with Crippen LogP contribution in [-0.4, -0.2) is 29.6 Å². The zero-order chi connectivity index (χ0) is 17.4. The van der Waals surface area contributed by atoms with Gasteiger partial charge in [0.05, 0.1) is 18.1 Å². The molecule has 0 spiro atoms. The van der Waals surface area contributed by atoms with Gasteiger partial charge in [-0.15, -0.1) is 15.3 Å².